The Morgan fingerprint density at radius 2 is 1.26 bits per heavy atom. The summed E-state index contributed by atoms with van der Waals surface area (Å²) in [6, 6.07) is 30.6. The zero-order valence-corrected chi connectivity index (χ0v) is 24.5. The third-order valence-corrected chi connectivity index (χ3v) is 6.82. The second-order valence-corrected chi connectivity index (χ2v) is 10.9. The minimum absolute atomic E-state index is 0.00813. The average molecular weight is 583 g/mol. The average Bonchev–Trinajstić information content (AvgIpc) is 3.02. The zero-order chi connectivity index (χ0) is 30.6. The van der Waals surface area contributed by atoms with Crippen LogP contribution in [0.4, 0.5) is 4.79 Å². The van der Waals surface area contributed by atoms with Crippen molar-refractivity contribution < 1.29 is 29.0 Å². The lowest BCUT2D eigenvalue weighted by molar-refractivity contribution is -0.155. The highest BCUT2D eigenvalue weighted by atomic mass is 16.5. The number of nitrogens with one attached hydrogen (secondary N) is 1. The highest BCUT2D eigenvalue weighted by Crippen LogP contribution is 2.18. The Bertz CT molecular complexity index is 1490. The maximum absolute atomic E-state index is 13.6. The molecule has 0 saturated carbocycles. The van der Waals surface area contributed by atoms with Crippen molar-refractivity contribution in [2.24, 2.45) is 5.92 Å². The molecular weight excluding hydrogens is 544 g/mol. The van der Waals surface area contributed by atoms with Gasteiger partial charge in [0, 0.05) is 13.0 Å². The Kier molecular flexibility index (Phi) is 11.3. The third-order valence-electron chi connectivity index (χ3n) is 6.82. The predicted octanol–water partition coefficient (Wildman–Crippen LogP) is 5.27. The smallest absolute Gasteiger partial charge is 0.337 e. The summed E-state index contributed by atoms with van der Waals surface area (Å²) in [5.41, 5.74) is 2.45. The molecule has 0 bridgehead atoms. The molecule has 8 nitrogen and oxygen atoms in total. The van der Waals surface area contributed by atoms with Gasteiger partial charge in [0.25, 0.3) is 0 Å². The fraction of sp³-hybridized carbons (Fsp3) is 0.286. The monoisotopic (exact) mass is 582 g/mol. The van der Waals surface area contributed by atoms with Crippen LogP contribution in [0.15, 0.2) is 103 Å². The summed E-state index contributed by atoms with van der Waals surface area (Å²) in [4.78, 5) is 40.8. The molecule has 2 amide bonds. The van der Waals surface area contributed by atoms with E-state index in [1.54, 1.807) is 0 Å². The van der Waals surface area contributed by atoms with Crippen molar-refractivity contribution in [2.45, 2.75) is 45.6 Å². The number of ether oxygens (including phenoxy) is 2. The Balaban J connectivity index is 1.47. The molecule has 0 aliphatic carbocycles. The second kappa shape index (κ2) is 15.5. The summed E-state index contributed by atoms with van der Waals surface area (Å²) >= 11 is 0. The summed E-state index contributed by atoms with van der Waals surface area (Å²) in [5, 5.41) is 15.5. The standard InChI is InChI=1S/C35H38N2O6/c1-25(2)21-37(22-32(38)34(40)43-24-27-13-7-4-8-14-27)35(41)36-31(33(39)42-23-26-11-5-3-6-12-26)20-28-17-18-29-15-9-10-16-30(29)19-28/h3-19,25,31-32,38H,20-24H2,1-2H3,(H,36,41)/t31-,32+/m0/s1. The van der Waals surface area contributed by atoms with E-state index in [4.69, 9.17) is 9.47 Å². The van der Waals surface area contributed by atoms with Gasteiger partial charge in [0.05, 0.1) is 6.54 Å². The number of nitrogens with zero attached hydrogens (tertiary/aromatic N) is 1. The first-order chi connectivity index (χ1) is 20.8. The normalized spacial score (nSPS) is 12.4. The van der Waals surface area contributed by atoms with Crippen LogP contribution in [0.5, 0.6) is 0 Å². The van der Waals surface area contributed by atoms with Gasteiger partial charge in [-0.25, -0.2) is 14.4 Å². The predicted molar refractivity (Wildman–Crippen MR) is 165 cm³/mol. The van der Waals surface area contributed by atoms with Crippen LogP contribution < -0.4 is 5.32 Å². The van der Waals surface area contributed by atoms with Crippen LogP contribution in [0.3, 0.4) is 0 Å². The molecule has 0 spiro atoms. The molecule has 4 aromatic rings. The first-order valence-electron chi connectivity index (χ1n) is 14.4. The Hall–Kier alpha value is -4.69. The quantitative estimate of drug-likeness (QED) is 0.208. The topological polar surface area (TPSA) is 105 Å². The van der Waals surface area contributed by atoms with Crippen molar-refractivity contribution in [3.05, 3.63) is 120 Å². The minimum atomic E-state index is -1.56. The molecule has 8 heteroatoms. The van der Waals surface area contributed by atoms with Crippen molar-refractivity contribution in [1.82, 2.24) is 10.2 Å². The van der Waals surface area contributed by atoms with Crippen molar-refractivity contribution in [2.75, 3.05) is 13.1 Å². The van der Waals surface area contributed by atoms with Gasteiger partial charge in [-0.15, -0.1) is 0 Å². The number of benzene rings is 4. The van der Waals surface area contributed by atoms with Crippen LogP contribution in [-0.4, -0.2) is 53.2 Å². The maximum Gasteiger partial charge on any atom is 0.337 e. The number of carbonyl (C=O) groups is 3. The van der Waals surface area contributed by atoms with Crippen LogP contribution in [0.2, 0.25) is 0 Å². The summed E-state index contributed by atoms with van der Waals surface area (Å²) in [7, 11) is 0. The maximum atomic E-state index is 13.6. The lowest BCUT2D eigenvalue weighted by Gasteiger charge is -2.28. The molecule has 4 aromatic carbocycles. The minimum Gasteiger partial charge on any atom is -0.459 e. The lowest BCUT2D eigenvalue weighted by Crippen LogP contribution is -2.52. The van der Waals surface area contributed by atoms with E-state index < -0.39 is 30.1 Å². The molecule has 4 rings (SSSR count). The van der Waals surface area contributed by atoms with Crippen molar-refractivity contribution >= 4 is 28.7 Å². The summed E-state index contributed by atoms with van der Waals surface area (Å²) in [5.74, 6) is -1.39. The molecule has 0 aliphatic rings. The van der Waals surface area contributed by atoms with Gasteiger partial charge in [-0.1, -0.05) is 117 Å². The Labute approximate surface area is 252 Å². The Morgan fingerprint density at radius 3 is 1.86 bits per heavy atom. The van der Waals surface area contributed by atoms with Crippen molar-refractivity contribution in [3.8, 4) is 0 Å². The van der Waals surface area contributed by atoms with Gasteiger partial charge in [-0.2, -0.15) is 0 Å². The molecule has 0 heterocycles. The summed E-state index contributed by atoms with van der Waals surface area (Å²) in [6.07, 6.45) is -1.36. The van der Waals surface area contributed by atoms with E-state index in [1.165, 1.54) is 4.90 Å². The highest BCUT2D eigenvalue weighted by Gasteiger charge is 2.29. The van der Waals surface area contributed by atoms with Gasteiger partial charge in [0.2, 0.25) is 0 Å². The highest BCUT2D eigenvalue weighted by molar-refractivity contribution is 5.86. The van der Waals surface area contributed by atoms with E-state index in [0.29, 0.717) is 0 Å². The number of hydrogen-bond acceptors (Lipinski definition) is 6. The number of hydrogen-bond donors (Lipinski definition) is 2. The van der Waals surface area contributed by atoms with Gasteiger partial charge < -0.3 is 24.8 Å². The number of aliphatic hydroxyl groups excluding tert-OH is 1. The van der Waals surface area contributed by atoms with Gasteiger partial charge >= 0.3 is 18.0 Å². The number of fused-ring (bicyclic) bond motifs is 1. The summed E-state index contributed by atoms with van der Waals surface area (Å²) < 4.78 is 10.9. The number of urea groups is 1. The molecular formula is C35H38N2O6. The largest absolute Gasteiger partial charge is 0.459 e. The molecule has 2 atom stereocenters. The first-order valence-corrected chi connectivity index (χ1v) is 14.4. The van der Waals surface area contributed by atoms with E-state index in [2.05, 4.69) is 5.32 Å². The molecule has 0 saturated heterocycles. The first kappa shape index (κ1) is 31.3. The SMILES string of the molecule is CC(C)CN(C[C@@H](O)C(=O)OCc1ccccc1)C(=O)N[C@@H](Cc1ccc2ccccc2c1)C(=O)OCc1ccccc1. The van der Waals surface area contributed by atoms with Crippen molar-refractivity contribution in [1.29, 1.82) is 0 Å². The zero-order valence-electron chi connectivity index (χ0n) is 24.5. The Morgan fingerprint density at radius 1 is 0.698 bits per heavy atom. The second-order valence-electron chi connectivity index (χ2n) is 10.9. The number of aliphatic hydroxyl groups is 1. The number of rotatable bonds is 13. The van der Waals surface area contributed by atoms with Gasteiger partial charge in [0.1, 0.15) is 19.3 Å². The molecule has 224 valence electrons. The molecule has 0 fully saturated rings. The number of carbonyl (C=O) groups excluding carboxylic acids is 3. The molecule has 0 unspecified atom stereocenters. The molecule has 2 N–H and O–H groups in total. The number of esters is 2. The van der Waals surface area contributed by atoms with Crippen molar-refractivity contribution in [3.63, 3.8) is 0 Å². The number of amides is 2. The van der Waals surface area contributed by atoms with Crippen LogP contribution >= 0.6 is 0 Å². The fourth-order valence-electron chi connectivity index (χ4n) is 4.65. The van der Waals surface area contributed by atoms with E-state index >= 15 is 0 Å². The molecule has 0 aromatic heterocycles. The van der Waals surface area contributed by atoms with Crippen LogP contribution in [-0.2, 0) is 38.7 Å². The van der Waals surface area contributed by atoms with Gasteiger partial charge in [0.15, 0.2) is 6.10 Å². The van der Waals surface area contributed by atoms with E-state index in [9.17, 15) is 19.5 Å². The van der Waals surface area contributed by atoms with Crippen LogP contribution in [0.1, 0.15) is 30.5 Å². The van der Waals surface area contributed by atoms with Crippen LogP contribution in [0, 0.1) is 5.92 Å². The van der Waals surface area contributed by atoms with E-state index in [1.807, 2.05) is 117 Å². The molecule has 0 aliphatic heterocycles. The van der Waals surface area contributed by atoms with E-state index in [-0.39, 0.29) is 38.6 Å². The molecule has 43 heavy (non-hydrogen) atoms. The third kappa shape index (κ3) is 9.68. The molecule has 0 radical (unpaired) electrons. The van der Waals surface area contributed by atoms with Gasteiger partial charge in [-0.05, 0) is 33.4 Å². The summed E-state index contributed by atoms with van der Waals surface area (Å²) in [6.45, 7) is 3.86. The lowest BCUT2D eigenvalue weighted by atomic mass is 10.0. The van der Waals surface area contributed by atoms with Gasteiger partial charge in [-0.3, -0.25) is 0 Å². The van der Waals surface area contributed by atoms with E-state index in [0.717, 1.165) is 27.5 Å². The van der Waals surface area contributed by atoms with Crippen LogP contribution in [0.25, 0.3) is 10.8 Å². The fourth-order valence-corrected chi connectivity index (χ4v) is 4.65.